The molecule has 26 heavy (non-hydrogen) atoms. The Morgan fingerprint density at radius 3 is 1.58 bits per heavy atom. The molecule has 0 unspecified atom stereocenters. The molecule has 149 valence electrons. The van der Waals surface area contributed by atoms with Crippen molar-refractivity contribution < 1.29 is 43.9 Å². The predicted molar refractivity (Wildman–Crippen MR) is 81.9 cm³/mol. The molecular weight excluding hydrogens is 567 g/mol. The lowest BCUT2D eigenvalue weighted by Crippen LogP contribution is -2.51. The molecule has 0 aliphatic rings. The second kappa shape index (κ2) is 7.18. The third kappa shape index (κ3) is 4.93. The van der Waals surface area contributed by atoms with E-state index in [1.54, 1.807) is 0 Å². The molecule has 0 nitrogen and oxygen atoms in total. The summed E-state index contributed by atoms with van der Waals surface area (Å²) in [4.78, 5) is 0. The minimum absolute atomic E-state index is 0.630. The summed E-state index contributed by atoms with van der Waals surface area (Å²) in [6, 6.07) is 0.908. The molecule has 0 aliphatic heterocycles. The Morgan fingerprint density at radius 2 is 1.27 bits per heavy atom. The maximum absolute atomic E-state index is 14.4. The number of halogens is 14. The standard InChI is InChI=1S/C12H3Cl3F10I/c13-8(14,15)3-5-6(1-4(2-7(5)26)10(17,18)19)9(16,11(20,21)22)12(23,24)25/h1H,3H2. The van der Waals surface area contributed by atoms with Crippen molar-refractivity contribution in [2.45, 2.75) is 34.4 Å². The molecule has 1 aromatic carbocycles. The summed E-state index contributed by atoms with van der Waals surface area (Å²) >= 11 is 16.9. The van der Waals surface area contributed by atoms with E-state index in [0.29, 0.717) is 0 Å². The molecule has 0 N–H and O–H groups in total. The molecule has 0 atom stereocenters. The van der Waals surface area contributed by atoms with E-state index < -0.39 is 60.7 Å². The van der Waals surface area contributed by atoms with Crippen LogP contribution in [0.1, 0.15) is 16.7 Å². The van der Waals surface area contributed by atoms with Gasteiger partial charge < -0.3 is 0 Å². The van der Waals surface area contributed by atoms with Gasteiger partial charge in [-0.2, -0.15) is 39.5 Å². The van der Waals surface area contributed by atoms with Crippen LogP contribution in [0.25, 0.3) is 0 Å². The zero-order valence-electron chi connectivity index (χ0n) is 11.6. The Balaban J connectivity index is 3.98. The Bertz CT molecular complexity index is 658. The number of hydrogen-bond donors (Lipinski definition) is 0. The van der Waals surface area contributed by atoms with Crippen molar-refractivity contribution in [3.8, 4) is 0 Å². The van der Waals surface area contributed by atoms with E-state index in [4.69, 9.17) is 34.8 Å². The molecule has 0 saturated heterocycles. The van der Waals surface area contributed by atoms with Gasteiger partial charge in [0.1, 0.15) is 0 Å². The Morgan fingerprint density at radius 1 is 0.846 bits per heavy atom. The smallest absolute Gasteiger partial charge is 0.218 e. The van der Waals surface area contributed by atoms with E-state index in [-0.39, 0.29) is 0 Å². The van der Waals surface area contributed by atoms with E-state index in [1.165, 1.54) is 6.07 Å². The van der Waals surface area contributed by atoms with Gasteiger partial charge in [0.05, 0.1) is 5.56 Å². The predicted octanol–water partition coefficient (Wildman–Crippen LogP) is 7.31. The fourth-order valence-electron chi connectivity index (χ4n) is 1.88. The summed E-state index contributed by atoms with van der Waals surface area (Å²) in [6.45, 7) is 0. The second-order valence-electron chi connectivity index (χ2n) is 4.83. The average Bonchev–Trinajstić information content (AvgIpc) is 2.34. The quantitative estimate of drug-likeness (QED) is 0.199. The van der Waals surface area contributed by atoms with Gasteiger partial charge in [0.2, 0.25) is 0 Å². The van der Waals surface area contributed by atoms with Gasteiger partial charge in [0.25, 0.3) is 0 Å². The number of hydrogen-bond acceptors (Lipinski definition) is 0. The summed E-state index contributed by atoms with van der Waals surface area (Å²) in [5, 5.41) is 0. The van der Waals surface area contributed by atoms with E-state index in [9.17, 15) is 43.9 Å². The van der Waals surface area contributed by atoms with E-state index in [2.05, 4.69) is 0 Å². The van der Waals surface area contributed by atoms with Crippen LogP contribution in [0.5, 0.6) is 0 Å². The van der Waals surface area contributed by atoms with Gasteiger partial charge in [-0.1, -0.05) is 34.8 Å². The molecule has 1 aromatic rings. The SMILES string of the molecule is FC(F)(F)c1[c]c(I)c(CC(Cl)(Cl)Cl)c(C(F)(C(F)(F)F)C(F)(F)F)c1. The zero-order valence-corrected chi connectivity index (χ0v) is 16.0. The highest BCUT2D eigenvalue weighted by atomic mass is 127. The molecular formula is C12H3Cl3F10I. The van der Waals surface area contributed by atoms with Crippen LogP contribution in [-0.4, -0.2) is 16.1 Å². The first-order valence-corrected chi connectivity index (χ1v) is 8.14. The van der Waals surface area contributed by atoms with Crippen molar-refractivity contribution in [3.05, 3.63) is 32.4 Å². The molecule has 0 saturated carbocycles. The first kappa shape index (κ1) is 24.2. The van der Waals surface area contributed by atoms with Crippen molar-refractivity contribution in [2.24, 2.45) is 0 Å². The molecule has 0 fully saturated rings. The first-order chi connectivity index (χ1) is 11.2. The molecule has 0 aliphatic carbocycles. The average molecular weight is 570 g/mol. The van der Waals surface area contributed by atoms with E-state index in [0.717, 1.165) is 22.6 Å². The van der Waals surface area contributed by atoms with Gasteiger partial charge >= 0.3 is 24.2 Å². The van der Waals surface area contributed by atoms with Gasteiger partial charge in [-0.25, -0.2) is 4.39 Å². The van der Waals surface area contributed by atoms with Gasteiger partial charge in [-0.05, 0) is 34.2 Å². The summed E-state index contributed by atoms with van der Waals surface area (Å²) in [5.74, 6) is 0. The van der Waals surface area contributed by atoms with Crippen LogP contribution in [0.2, 0.25) is 0 Å². The second-order valence-corrected chi connectivity index (χ2v) is 8.43. The van der Waals surface area contributed by atoms with Crippen molar-refractivity contribution in [3.63, 3.8) is 0 Å². The summed E-state index contributed by atoms with van der Waals surface area (Å²) < 4.78 is 127. The summed E-state index contributed by atoms with van der Waals surface area (Å²) in [7, 11) is 0. The fraction of sp³-hybridized carbons (Fsp3) is 0.500. The van der Waals surface area contributed by atoms with Crippen LogP contribution in [0.15, 0.2) is 6.07 Å². The Kier molecular flexibility index (Phi) is 6.67. The third-order valence-corrected chi connectivity index (χ3v) is 4.28. The normalized spacial score (nSPS) is 14.7. The maximum Gasteiger partial charge on any atom is 0.435 e. The van der Waals surface area contributed by atoms with Crippen LogP contribution in [-0.2, 0) is 18.3 Å². The summed E-state index contributed by atoms with van der Waals surface area (Å²) in [5.41, 5.74) is -11.7. The van der Waals surface area contributed by atoms with Crippen LogP contribution in [0, 0.1) is 9.64 Å². The van der Waals surface area contributed by atoms with Crippen LogP contribution in [0.3, 0.4) is 0 Å². The van der Waals surface area contributed by atoms with Gasteiger partial charge in [-0.15, -0.1) is 0 Å². The van der Waals surface area contributed by atoms with Crippen molar-refractivity contribution in [1.82, 2.24) is 0 Å². The Hall–Kier alpha value is 0.120. The van der Waals surface area contributed by atoms with Crippen molar-refractivity contribution in [1.29, 1.82) is 0 Å². The molecule has 1 radical (unpaired) electrons. The molecule has 14 heteroatoms. The molecule has 0 bridgehead atoms. The monoisotopic (exact) mass is 569 g/mol. The van der Waals surface area contributed by atoms with Crippen LogP contribution >= 0.6 is 57.4 Å². The van der Waals surface area contributed by atoms with E-state index >= 15 is 0 Å². The van der Waals surface area contributed by atoms with E-state index in [1.807, 2.05) is 0 Å². The van der Waals surface area contributed by atoms with Crippen LogP contribution < -0.4 is 0 Å². The lowest BCUT2D eigenvalue weighted by atomic mass is 9.87. The van der Waals surface area contributed by atoms with Crippen LogP contribution in [0.4, 0.5) is 43.9 Å². The highest BCUT2D eigenvalue weighted by Gasteiger charge is 2.74. The van der Waals surface area contributed by atoms with Crippen molar-refractivity contribution >= 4 is 57.4 Å². The first-order valence-electron chi connectivity index (χ1n) is 5.93. The number of alkyl halides is 13. The third-order valence-electron chi connectivity index (χ3n) is 2.96. The largest absolute Gasteiger partial charge is 0.435 e. The van der Waals surface area contributed by atoms with Gasteiger partial charge in [-0.3, -0.25) is 0 Å². The molecule has 0 spiro atoms. The van der Waals surface area contributed by atoms with Crippen molar-refractivity contribution in [2.75, 3.05) is 0 Å². The Labute approximate surface area is 167 Å². The lowest BCUT2D eigenvalue weighted by molar-refractivity contribution is -0.349. The number of rotatable bonds is 2. The maximum atomic E-state index is 14.4. The zero-order chi connectivity index (χ0) is 20.9. The highest BCUT2D eigenvalue weighted by molar-refractivity contribution is 14.1. The molecule has 1 rings (SSSR count). The molecule has 0 aromatic heterocycles. The molecule has 0 amide bonds. The van der Waals surface area contributed by atoms with Gasteiger partial charge in [0, 0.05) is 21.6 Å². The lowest BCUT2D eigenvalue weighted by Gasteiger charge is -2.33. The summed E-state index contributed by atoms with van der Waals surface area (Å²) in [6.07, 6.45) is -19.9. The minimum Gasteiger partial charge on any atom is -0.218 e. The minimum atomic E-state index is -6.64. The topological polar surface area (TPSA) is 0 Å². The molecule has 0 heterocycles. The fourth-order valence-corrected chi connectivity index (χ4v) is 3.05. The highest BCUT2D eigenvalue weighted by Crippen LogP contribution is 2.55. The van der Waals surface area contributed by atoms with Gasteiger partial charge in [0.15, 0.2) is 3.79 Å². The number of benzene rings is 1.